The normalized spacial score (nSPS) is 18.0. The van der Waals surface area contributed by atoms with Crippen LogP contribution in [0.3, 0.4) is 0 Å². The highest BCUT2D eigenvalue weighted by Crippen LogP contribution is 2.24. The number of benzene rings is 1. The maximum Gasteiger partial charge on any atom is 0.220 e. The molecule has 1 aromatic rings. The third-order valence-corrected chi connectivity index (χ3v) is 4.59. The summed E-state index contributed by atoms with van der Waals surface area (Å²) in [5.41, 5.74) is 2.66. The highest BCUT2D eigenvalue weighted by molar-refractivity contribution is 5.76. The molecule has 0 radical (unpaired) electrons. The lowest BCUT2D eigenvalue weighted by Crippen LogP contribution is -2.33. The van der Waals surface area contributed by atoms with Gasteiger partial charge in [0.25, 0.3) is 0 Å². The van der Waals surface area contributed by atoms with Crippen molar-refractivity contribution in [3.05, 3.63) is 35.4 Å². The van der Waals surface area contributed by atoms with Gasteiger partial charge in [0.05, 0.1) is 6.04 Å². The maximum absolute atomic E-state index is 12.2. The molecule has 2 N–H and O–H groups in total. The predicted octanol–water partition coefficient (Wildman–Crippen LogP) is 3.55. The Morgan fingerprint density at radius 3 is 2.36 bits per heavy atom. The van der Waals surface area contributed by atoms with Crippen LogP contribution in [-0.4, -0.2) is 19.0 Å². The number of carbonyl (C=O) groups is 1. The minimum atomic E-state index is 0.0724. The van der Waals surface area contributed by atoms with Crippen LogP contribution in [0.15, 0.2) is 24.3 Å². The zero-order valence-corrected chi connectivity index (χ0v) is 14.4. The van der Waals surface area contributed by atoms with Gasteiger partial charge in [0.2, 0.25) is 5.91 Å². The molecule has 1 aliphatic heterocycles. The Morgan fingerprint density at radius 2 is 1.82 bits per heavy atom. The van der Waals surface area contributed by atoms with Crippen molar-refractivity contribution >= 4 is 5.91 Å². The van der Waals surface area contributed by atoms with Crippen molar-refractivity contribution in [1.29, 1.82) is 0 Å². The van der Waals surface area contributed by atoms with Gasteiger partial charge in [-0.15, -0.1) is 0 Å². The zero-order chi connectivity index (χ0) is 16.2. The average Bonchev–Trinajstić information content (AvgIpc) is 2.47. The van der Waals surface area contributed by atoms with E-state index in [1.165, 1.54) is 11.1 Å². The topological polar surface area (TPSA) is 41.1 Å². The van der Waals surface area contributed by atoms with E-state index in [9.17, 15) is 4.79 Å². The lowest BCUT2D eigenvalue weighted by molar-refractivity contribution is -0.122. The molecule has 0 saturated carbocycles. The molecule has 1 fully saturated rings. The van der Waals surface area contributed by atoms with Crippen LogP contribution in [0, 0.1) is 5.92 Å². The SMILES string of the molecule is CC(NC(=O)CC1CCNCC1)c1ccc(C(C)(C)C)cc1. The van der Waals surface area contributed by atoms with Crippen molar-refractivity contribution in [2.24, 2.45) is 5.92 Å². The lowest BCUT2D eigenvalue weighted by Gasteiger charge is -2.23. The molecule has 2 rings (SSSR count). The van der Waals surface area contributed by atoms with Crippen LogP contribution in [0.2, 0.25) is 0 Å². The van der Waals surface area contributed by atoms with Gasteiger partial charge >= 0.3 is 0 Å². The van der Waals surface area contributed by atoms with Gasteiger partial charge < -0.3 is 10.6 Å². The number of amides is 1. The van der Waals surface area contributed by atoms with E-state index in [1.807, 2.05) is 0 Å². The van der Waals surface area contributed by atoms with E-state index in [2.05, 4.69) is 62.6 Å². The van der Waals surface area contributed by atoms with Gasteiger partial charge in [-0.2, -0.15) is 0 Å². The summed E-state index contributed by atoms with van der Waals surface area (Å²) in [6.07, 6.45) is 2.89. The molecule has 0 aromatic heterocycles. The van der Waals surface area contributed by atoms with E-state index in [0.717, 1.165) is 25.9 Å². The number of hydrogen-bond donors (Lipinski definition) is 2. The summed E-state index contributed by atoms with van der Waals surface area (Å²) >= 11 is 0. The molecule has 0 aliphatic carbocycles. The summed E-state index contributed by atoms with van der Waals surface area (Å²) in [5.74, 6) is 0.719. The highest BCUT2D eigenvalue weighted by Gasteiger charge is 2.19. The first-order valence-corrected chi connectivity index (χ1v) is 8.47. The van der Waals surface area contributed by atoms with Crippen molar-refractivity contribution in [2.45, 2.75) is 58.4 Å². The van der Waals surface area contributed by atoms with Crippen LogP contribution in [0.1, 0.15) is 64.1 Å². The number of piperidine rings is 1. The number of rotatable bonds is 4. The quantitative estimate of drug-likeness (QED) is 0.893. The molecular formula is C19H30N2O. The van der Waals surface area contributed by atoms with Crippen LogP contribution in [0.5, 0.6) is 0 Å². The molecule has 1 heterocycles. The van der Waals surface area contributed by atoms with Gasteiger partial charge in [-0.05, 0) is 55.3 Å². The molecule has 0 spiro atoms. The van der Waals surface area contributed by atoms with E-state index in [0.29, 0.717) is 12.3 Å². The molecule has 1 unspecified atom stereocenters. The standard InChI is InChI=1S/C19H30N2O/c1-14(16-5-7-17(8-6-16)19(2,3)4)21-18(22)13-15-9-11-20-12-10-15/h5-8,14-15,20H,9-13H2,1-4H3,(H,21,22). The van der Waals surface area contributed by atoms with Crippen molar-refractivity contribution < 1.29 is 4.79 Å². The van der Waals surface area contributed by atoms with E-state index >= 15 is 0 Å². The lowest BCUT2D eigenvalue weighted by atomic mass is 9.86. The van der Waals surface area contributed by atoms with Gasteiger partial charge in [-0.25, -0.2) is 0 Å². The second-order valence-electron chi connectivity index (χ2n) is 7.56. The van der Waals surface area contributed by atoms with Crippen molar-refractivity contribution in [1.82, 2.24) is 10.6 Å². The Morgan fingerprint density at radius 1 is 1.23 bits per heavy atom. The first kappa shape index (κ1) is 17.0. The maximum atomic E-state index is 12.2. The molecule has 3 heteroatoms. The number of nitrogens with one attached hydrogen (secondary N) is 2. The smallest absolute Gasteiger partial charge is 0.220 e. The Hall–Kier alpha value is -1.35. The minimum Gasteiger partial charge on any atom is -0.350 e. The zero-order valence-electron chi connectivity index (χ0n) is 14.4. The highest BCUT2D eigenvalue weighted by atomic mass is 16.1. The third-order valence-electron chi connectivity index (χ3n) is 4.59. The van der Waals surface area contributed by atoms with Gasteiger partial charge in [-0.1, -0.05) is 45.0 Å². The van der Waals surface area contributed by atoms with Gasteiger partial charge in [-0.3, -0.25) is 4.79 Å². The largest absolute Gasteiger partial charge is 0.350 e. The molecule has 22 heavy (non-hydrogen) atoms. The van der Waals surface area contributed by atoms with E-state index in [-0.39, 0.29) is 17.4 Å². The Bertz CT molecular complexity index is 481. The summed E-state index contributed by atoms with van der Waals surface area (Å²) < 4.78 is 0. The first-order valence-electron chi connectivity index (χ1n) is 8.47. The van der Waals surface area contributed by atoms with Gasteiger partial charge in [0.15, 0.2) is 0 Å². The Balaban J connectivity index is 1.88. The van der Waals surface area contributed by atoms with Crippen LogP contribution in [0.25, 0.3) is 0 Å². The van der Waals surface area contributed by atoms with Gasteiger partial charge in [0, 0.05) is 6.42 Å². The fourth-order valence-corrected chi connectivity index (χ4v) is 3.00. The summed E-state index contributed by atoms with van der Waals surface area (Å²) in [6.45, 7) is 10.8. The second-order valence-corrected chi connectivity index (χ2v) is 7.56. The molecule has 1 saturated heterocycles. The van der Waals surface area contributed by atoms with Crippen molar-refractivity contribution in [3.63, 3.8) is 0 Å². The molecule has 3 nitrogen and oxygen atoms in total. The molecule has 1 aromatic carbocycles. The second kappa shape index (κ2) is 7.28. The van der Waals surface area contributed by atoms with Crippen LogP contribution < -0.4 is 10.6 Å². The Kier molecular flexibility index (Phi) is 5.63. The van der Waals surface area contributed by atoms with Gasteiger partial charge in [0.1, 0.15) is 0 Å². The van der Waals surface area contributed by atoms with Crippen LogP contribution >= 0.6 is 0 Å². The fraction of sp³-hybridized carbons (Fsp3) is 0.632. The number of carbonyl (C=O) groups excluding carboxylic acids is 1. The third kappa shape index (κ3) is 4.84. The van der Waals surface area contributed by atoms with Crippen LogP contribution in [0.4, 0.5) is 0 Å². The molecule has 122 valence electrons. The van der Waals surface area contributed by atoms with E-state index in [1.54, 1.807) is 0 Å². The van der Waals surface area contributed by atoms with Crippen molar-refractivity contribution in [2.75, 3.05) is 13.1 Å². The monoisotopic (exact) mass is 302 g/mol. The summed E-state index contributed by atoms with van der Waals surface area (Å²) in [5, 5.41) is 6.48. The summed E-state index contributed by atoms with van der Waals surface area (Å²) in [6, 6.07) is 8.69. The summed E-state index contributed by atoms with van der Waals surface area (Å²) in [4.78, 5) is 12.2. The van der Waals surface area contributed by atoms with E-state index < -0.39 is 0 Å². The molecule has 1 aliphatic rings. The molecule has 0 bridgehead atoms. The fourth-order valence-electron chi connectivity index (χ4n) is 3.00. The molecule has 1 atom stereocenters. The first-order chi connectivity index (χ1) is 10.4. The van der Waals surface area contributed by atoms with Crippen LogP contribution in [-0.2, 0) is 10.2 Å². The van der Waals surface area contributed by atoms with Crippen molar-refractivity contribution in [3.8, 4) is 0 Å². The molecule has 1 amide bonds. The Labute approximate surface area is 134 Å². The summed E-state index contributed by atoms with van der Waals surface area (Å²) in [7, 11) is 0. The number of hydrogen-bond acceptors (Lipinski definition) is 2. The van der Waals surface area contributed by atoms with E-state index in [4.69, 9.17) is 0 Å². The average molecular weight is 302 g/mol. The predicted molar refractivity (Wildman–Crippen MR) is 91.9 cm³/mol. The minimum absolute atomic E-state index is 0.0724. The molecular weight excluding hydrogens is 272 g/mol.